The fourth-order valence-electron chi connectivity index (χ4n) is 1.96. The molecule has 1 aliphatic rings. The van der Waals surface area contributed by atoms with Crippen molar-refractivity contribution in [3.05, 3.63) is 45.7 Å². The van der Waals surface area contributed by atoms with Crippen LogP contribution < -0.4 is 10.7 Å². The maximum Gasteiger partial charge on any atom is 0.134 e. The molecule has 0 amide bonds. The van der Waals surface area contributed by atoms with Gasteiger partial charge in [-0.25, -0.2) is 4.99 Å². The molecule has 2 aromatic rings. The third-order valence-electron chi connectivity index (χ3n) is 2.74. The van der Waals surface area contributed by atoms with Crippen LogP contribution in [0.1, 0.15) is 10.4 Å². The molecule has 0 bridgehead atoms. The van der Waals surface area contributed by atoms with Crippen LogP contribution in [-0.4, -0.2) is 5.84 Å². The van der Waals surface area contributed by atoms with Gasteiger partial charge in [-0.05, 0) is 25.1 Å². The van der Waals surface area contributed by atoms with Crippen LogP contribution in [0.2, 0.25) is 0 Å². The molecule has 0 saturated carbocycles. The summed E-state index contributed by atoms with van der Waals surface area (Å²) in [7, 11) is 0. The highest BCUT2D eigenvalue weighted by Gasteiger charge is 2.24. The number of hydrogen-bond acceptors (Lipinski definition) is 5. The Balaban J connectivity index is 2.33. The molecule has 1 aromatic carbocycles. The van der Waals surface area contributed by atoms with Gasteiger partial charge in [-0.2, -0.15) is 5.01 Å². The quantitative estimate of drug-likeness (QED) is 0.798. The highest BCUT2D eigenvalue weighted by atomic mass is 32.1. The fourth-order valence-corrected chi connectivity index (χ4v) is 2.93. The zero-order valence-corrected chi connectivity index (χ0v) is 10.4. The monoisotopic (exact) mass is 258 g/mol. The molecule has 0 aliphatic carbocycles. The van der Waals surface area contributed by atoms with Crippen molar-refractivity contribution in [3.8, 4) is 0 Å². The molecular formula is C12H10N4OS. The first kappa shape index (κ1) is 10.9. The van der Waals surface area contributed by atoms with E-state index in [1.54, 1.807) is 6.07 Å². The van der Waals surface area contributed by atoms with E-state index in [4.69, 9.17) is 5.73 Å². The molecule has 1 aromatic heterocycles. The van der Waals surface area contributed by atoms with Crippen LogP contribution in [0.25, 0.3) is 0 Å². The van der Waals surface area contributed by atoms with Crippen LogP contribution in [-0.2, 0) is 0 Å². The van der Waals surface area contributed by atoms with E-state index in [-0.39, 0.29) is 0 Å². The van der Waals surface area contributed by atoms with Crippen molar-refractivity contribution in [3.63, 3.8) is 0 Å². The Morgan fingerprint density at radius 1 is 1.39 bits per heavy atom. The van der Waals surface area contributed by atoms with Crippen LogP contribution in [0.4, 0.5) is 16.4 Å². The van der Waals surface area contributed by atoms with Gasteiger partial charge in [0.05, 0.1) is 22.2 Å². The Bertz CT molecular complexity index is 662. The second-order valence-corrected chi connectivity index (χ2v) is 5.19. The highest BCUT2D eigenvalue weighted by Crippen LogP contribution is 2.42. The number of nitrogens with zero attached hydrogens (tertiary/aromatic N) is 3. The smallest absolute Gasteiger partial charge is 0.134 e. The zero-order chi connectivity index (χ0) is 12.7. The molecule has 0 unspecified atom stereocenters. The largest absolute Gasteiger partial charge is 0.383 e. The summed E-state index contributed by atoms with van der Waals surface area (Å²) in [6.07, 6.45) is 0. The minimum Gasteiger partial charge on any atom is -0.383 e. The number of rotatable bonds is 1. The first-order chi connectivity index (χ1) is 8.70. The summed E-state index contributed by atoms with van der Waals surface area (Å²) in [6.45, 7) is 1.96. The van der Waals surface area contributed by atoms with Gasteiger partial charge in [-0.1, -0.05) is 12.1 Å². The number of aryl methyl sites for hydroxylation is 1. The number of thiophene rings is 1. The first-order valence-corrected chi connectivity index (χ1v) is 6.20. The summed E-state index contributed by atoms with van der Waals surface area (Å²) >= 11 is 1.47. The maximum absolute atomic E-state index is 11.1. The Morgan fingerprint density at radius 3 is 2.94 bits per heavy atom. The molecule has 2 heterocycles. The van der Waals surface area contributed by atoms with Gasteiger partial charge in [0.1, 0.15) is 10.8 Å². The molecule has 0 saturated heterocycles. The lowest BCUT2D eigenvalue weighted by atomic mass is 10.2. The maximum atomic E-state index is 11.1. The van der Waals surface area contributed by atoms with Gasteiger partial charge in [0, 0.05) is 4.88 Å². The standard InChI is InChI=1S/C12H10N4OS/c1-7-6-8-11(13)14-9-4-2-3-5-10(9)16(15-17)12(8)18-7/h2-6H,1H3,(H2,13,14). The topological polar surface area (TPSA) is 71.0 Å². The number of hydrogen-bond donors (Lipinski definition) is 1. The lowest BCUT2D eigenvalue weighted by Crippen LogP contribution is -2.13. The molecule has 5 nitrogen and oxygen atoms in total. The van der Waals surface area contributed by atoms with E-state index in [2.05, 4.69) is 10.3 Å². The third-order valence-corrected chi connectivity index (χ3v) is 3.76. The van der Waals surface area contributed by atoms with Crippen LogP contribution in [0, 0.1) is 11.8 Å². The molecule has 2 N–H and O–H groups in total. The Labute approximate surface area is 108 Å². The number of nitrogens with two attached hydrogens (primary N) is 1. The average Bonchev–Trinajstić information content (AvgIpc) is 2.70. The first-order valence-electron chi connectivity index (χ1n) is 5.38. The van der Waals surface area contributed by atoms with Gasteiger partial charge in [0.15, 0.2) is 0 Å². The number of amidine groups is 1. The van der Waals surface area contributed by atoms with Crippen LogP contribution in [0.15, 0.2) is 40.6 Å². The van der Waals surface area contributed by atoms with E-state index in [9.17, 15) is 4.91 Å². The summed E-state index contributed by atoms with van der Waals surface area (Å²) in [5, 5.41) is 5.17. The number of nitroso groups, excluding NO2 is 1. The van der Waals surface area contributed by atoms with E-state index >= 15 is 0 Å². The van der Waals surface area contributed by atoms with Crippen LogP contribution in [0.5, 0.6) is 0 Å². The Morgan fingerprint density at radius 2 is 2.17 bits per heavy atom. The Hall–Kier alpha value is -2.21. The van der Waals surface area contributed by atoms with Gasteiger partial charge in [-0.3, -0.25) is 0 Å². The van der Waals surface area contributed by atoms with E-state index < -0.39 is 0 Å². The zero-order valence-electron chi connectivity index (χ0n) is 9.62. The van der Waals surface area contributed by atoms with E-state index in [0.29, 0.717) is 22.2 Å². The third kappa shape index (κ3) is 1.50. The lowest BCUT2D eigenvalue weighted by molar-refractivity contribution is 1.09. The number of anilines is 2. The van der Waals surface area contributed by atoms with Crippen molar-refractivity contribution >= 4 is 33.5 Å². The molecule has 0 atom stereocenters. The van der Waals surface area contributed by atoms with Gasteiger partial charge in [0.2, 0.25) is 0 Å². The van der Waals surface area contributed by atoms with Crippen molar-refractivity contribution in [2.45, 2.75) is 6.92 Å². The van der Waals surface area contributed by atoms with Crippen molar-refractivity contribution in [1.29, 1.82) is 0 Å². The average molecular weight is 258 g/mol. The van der Waals surface area contributed by atoms with Crippen LogP contribution in [0.3, 0.4) is 0 Å². The number of aliphatic imine (C=N–C) groups is 1. The molecule has 6 heteroatoms. The molecule has 0 radical (unpaired) electrons. The van der Waals surface area contributed by atoms with Gasteiger partial charge >= 0.3 is 0 Å². The van der Waals surface area contributed by atoms with E-state index in [0.717, 1.165) is 10.4 Å². The van der Waals surface area contributed by atoms with Crippen molar-refractivity contribution < 1.29 is 0 Å². The molecule has 0 fully saturated rings. The van der Waals surface area contributed by atoms with Crippen molar-refractivity contribution in [1.82, 2.24) is 0 Å². The SMILES string of the molecule is Cc1cc2c(s1)N(N=O)c1ccccc1N=C2N. The highest BCUT2D eigenvalue weighted by molar-refractivity contribution is 7.16. The number of para-hydroxylation sites is 2. The second-order valence-electron chi connectivity index (χ2n) is 3.96. The van der Waals surface area contributed by atoms with E-state index in [1.807, 2.05) is 31.2 Å². The summed E-state index contributed by atoms with van der Waals surface area (Å²) in [4.78, 5) is 16.6. The molecule has 90 valence electrons. The van der Waals surface area contributed by atoms with Gasteiger partial charge < -0.3 is 5.73 Å². The van der Waals surface area contributed by atoms with Gasteiger partial charge in [-0.15, -0.1) is 16.2 Å². The second kappa shape index (κ2) is 3.92. The number of benzene rings is 1. The predicted molar refractivity (Wildman–Crippen MR) is 73.8 cm³/mol. The number of fused-ring (bicyclic) bond motifs is 2. The summed E-state index contributed by atoms with van der Waals surface area (Å²) in [5.74, 6) is 0.410. The summed E-state index contributed by atoms with van der Waals surface area (Å²) in [6, 6.07) is 9.22. The van der Waals surface area contributed by atoms with Crippen molar-refractivity contribution in [2.75, 3.05) is 5.01 Å². The fraction of sp³-hybridized carbons (Fsp3) is 0.0833. The summed E-state index contributed by atoms with van der Waals surface area (Å²) < 4.78 is 0. The van der Waals surface area contributed by atoms with E-state index in [1.165, 1.54) is 16.3 Å². The summed E-state index contributed by atoms with van der Waals surface area (Å²) in [5.41, 5.74) is 8.03. The lowest BCUT2D eigenvalue weighted by Gasteiger charge is -2.13. The molecular weight excluding hydrogens is 248 g/mol. The predicted octanol–water partition coefficient (Wildman–Crippen LogP) is 3.23. The molecule has 0 spiro atoms. The molecule has 1 aliphatic heterocycles. The normalized spacial score (nSPS) is 13.4. The van der Waals surface area contributed by atoms with Crippen molar-refractivity contribution in [2.24, 2.45) is 16.0 Å². The van der Waals surface area contributed by atoms with Gasteiger partial charge in [0.25, 0.3) is 0 Å². The minimum atomic E-state index is 0.410. The minimum absolute atomic E-state index is 0.410. The molecule has 18 heavy (non-hydrogen) atoms. The van der Waals surface area contributed by atoms with Crippen LogP contribution >= 0.6 is 11.3 Å². The molecule has 3 rings (SSSR count). The Kier molecular flexibility index (Phi) is 2.38.